The maximum absolute atomic E-state index is 13.1. The summed E-state index contributed by atoms with van der Waals surface area (Å²) >= 11 is 0. The largest absolute Gasteiger partial charge is 0.467 e. The minimum absolute atomic E-state index is 0.0309. The molecule has 0 heterocycles. The molecule has 2 amide bonds. The summed E-state index contributed by atoms with van der Waals surface area (Å²) in [7, 11) is 1.25. The molecule has 132 valence electrons. The van der Waals surface area contributed by atoms with Crippen LogP contribution in [0.3, 0.4) is 0 Å². The fourth-order valence-corrected chi connectivity index (χ4v) is 2.09. The molecule has 1 aromatic rings. The highest BCUT2D eigenvalue weighted by Gasteiger charge is 2.26. The lowest BCUT2D eigenvalue weighted by atomic mass is 9.99. The second-order valence-electron chi connectivity index (χ2n) is 5.54. The normalized spacial score (nSPS) is 12.8. The number of hydrogen-bond donors (Lipinski definition) is 2. The van der Waals surface area contributed by atoms with Gasteiger partial charge in [-0.15, -0.1) is 0 Å². The van der Waals surface area contributed by atoms with E-state index < -0.39 is 29.6 Å². The van der Waals surface area contributed by atoms with Gasteiger partial charge < -0.3 is 15.4 Å². The van der Waals surface area contributed by atoms with Gasteiger partial charge in [-0.3, -0.25) is 9.59 Å². The maximum Gasteiger partial charge on any atom is 0.328 e. The lowest BCUT2D eigenvalue weighted by Crippen LogP contribution is -2.49. The van der Waals surface area contributed by atoms with E-state index in [1.165, 1.54) is 25.3 Å². The van der Waals surface area contributed by atoms with Crippen LogP contribution in [-0.2, 0) is 25.5 Å². The molecule has 2 atom stereocenters. The molecule has 2 N–H and O–H groups in total. The zero-order valence-electron chi connectivity index (χ0n) is 14.1. The first kappa shape index (κ1) is 19.6. The monoisotopic (exact) mass is 338 g/mol. The number of carbonyl (C=O) groups excluding carboxylic acids is 3. The standard InChI is InChI=1S/C17H23FN2O4/c1-4-11(2)16(17(23)24-3)20-15(22)10-19-14(21)9-12-6-5-7-13(18)8-12/h5-8,11,16H,4,9-10H2,1-3H3,(H,19,21)(H,20,22)/t11-,16-/m0/s1. The quantitative estimate of drug-likeness (QED) is 0.697. The molecule has 0 aromatic heterocycles. The molecule has 6 nitrogen and oxygen atoms in total. The van der Waals surface area contributed by atoms with E-state index in [2.05, 4.69) is 15.4 Å². The zero-order chi connectivity index (χ0) is 18.1. The highest BCUT2D eigenvalue weighted by atomic mass is 19.1. The molecule has 0 spiro atoms. The Bertz CT molecular complexity index is 592. The molecule has 0 bridgehead atoms. The van der Waals surface area contributed by atoms with Crippen molar-refractivity contribution in [2.24, 2.45) is 5.92 Å². The lowest BCUT2D eigenvalue weighted by Gasteiger charge is -2.21. The van der Waals surface area contributed by atoms with Gasteiger partial charge in [0, 0.05) is 0 Å². The summed E-state index contributed by atoms with van der Waals surface area (Å²) in [5, 5.41) is 5.00. The Balaban J connectivity index is 2.49. The van der Waals surface area contributed by atoms with Gasteiger partial charge in [0.25, 0.3) is 0 Å². The number of esters is 1. The number of carbonyl (C=O) groups is 3. The average Bonchev–Trinajstić information content (AvgIpc) is 2.56. The minimum Gasteiger partial charge on any atom is -0.467 e. The third-order valence-electron chi connectivity index (χ3n) is 3.68. The van der Waals surface area contributed by atoms with Gasteiger partial charge in [0.2, 0.25) is 11.8 Å². The van der Waals surface area contributed by atoms with Gasteiger partial charge in [0.05, 0.1) is 20.1 Å². The number of amides is 2. The maximum atomic E-state index is 13.1. The number of rotatable bonds is 8. The van der Waals surface area contributed by atoms with Crippen molar-refractivity contribution in [3.8, 4) is 0 Å². The summed E-state index contributed by atoms with van der Waals surface area (Å²) in [5.41, 5.74) is 0.514. The first-order chi connectivity index (χ1) is 11.4. The van der Waals surface area contributed by atoms with E-state index in [1.54, 1.807) is 6.07 Å². The van der Waals surface area contributed by atoms with Crippen molar-refractivity contribution < 1.29 is 23.5 Å². The van der Waals surface area contributed by atoms with Crippen LogP contribution in [0.15, 0.2) is 24.3 Å². The molecular formula is C17H23FN2O4. The third kappa shape index (κ3) is 6.36. The Morgan fingerprint density at radius 3 is 2.54 bits per heavy atom. The van der Waals surface area contributed by atoms with Crippen LogP contribution < -0.4 is 10.6 Å². The van der Waals surface area contributed by atoms with Gasteiger partial charge in [-0.1, -0.05) is 32.4 Å². The van der Waals surface area contributed by atoms with Crippen LogP contribution in [-0.4, -0.2) is 37.5 Å². The number of benzene rings is 1. The van der Waals surface area contributed by atoms with E-state index in [4.69, 9.17) is 0 Å². The highest BCUT2D eigenvalue weighted by Crippen LogP contribution is 2.09. The Morgan fingerprint density at radius 1 is 1.25 bits per heavy atom. The summed E-state index contributed by atoms with van der Waals surface area (Å²) in [4.78, 5) is 35.4. The van der Waals surface area contributed by atoms with Gasteiger partial charge in [-0.2, -0.15) is 0 Å². The number of hydrogen-bond acceptors (Lipinski definition) is 4. The van der Waals surface area contributed by atoms with Crippen molar-refractivity contribution >= 4 is 17.8 Å². The van der Waals surface area contributed by atoms with Crippen molar-refractivity contribution in [1.82, 2.24) is 10.6 Å². The second-order valence-corrected chi connectivity index (χ2v) is 5.54. The molecule has 0 aliphatic heterocycles. The summed E-state index contributed by atoms with van der Waals surface area (Å²) in [6.45, 7) is 3.45. The molecule has 0 unspecified atom stereocenters. The van der Waals surface area contributed by atoms with Gasteiger partial charge in [0.1, 0.15) is 11.9 Å². The van der Waals surface area contributed by atoms with Crippen LogP contribution in [0.5, 0.6) is 0 Å². The Morgan fingerprint density at radius 2 is 1.96 bits per heavy atom. The number of ether oxygens (including phenoxy) is 1. The molecule has 0 saturated heterocycles. The van der Waals surface area contributed by atoms with E-state index in [0.29, 0.717) is 12.0 Å². The van der Waals surface area contributed by atoms with E-state index >= 15 is 0 Å². The van der Waals surface area contributed by atoms with Crippen molar-refractivity contribution in [2.45, 2.75) is 32.7 Å². The molecule has 0 radical (unpaired) electrons. The van der Waals surface area contributed by atoms with Gasteiger partial charge in [-0.05, 0) is 23.6 Å². The predicted molar refractivity (Wildman–Crippen MR) is 86.5 cm³/mol. The van der Waals surface area contributed by atoms with E-state index in [0.717, 1.165) is 0 Å². The molecule has 7 heteroatoms. The van der Waals surface area contributed by atoms with Crippen LogP contribution in [0.25, 0.3) is 0 Å². The first-order valence-electron chi connectivity index (χ1n) is 7.75. The van der Waals surface area contributed by atoms with Crippen molar-refractivity contribution in [3.63, 3.8) is 0 Å². The summed E-state index contributed by atoms with van der Waals surface area (Å²) < 4.78 is 17.7. The third-order valence-corrected chi connectivity index (χ3v) is 3.68. The highest BCUT2D eigenvalue weighted by molar-refractivity contribution is 5.88. The van der Waals surface area contributed by atoms with Crippen molar-refractivity contribution in [3.05, 3.63) is 35.6 Å². The number of nitrogens with one attached hydrogen (secondary N) is 2. The Labute approximate surface area is 140 Å². The van der Waals surface area contributed by atoms with E-state index in [9.17, 15) is 18.8 Å². The van der Waals surface area contributed by atoms with Crippen molar-refractivity contribution in [1.29, 1.82) is 0 Å². The van der Waals surface area contributed by atoms with Crippen LogP contribution in [0.1, 0.15) is 25.8 Å². The van der Waals surface area contributed by atoms with Crippen LogP contribution in [0.4, 0.5) is 4.39 Å². The lowest BCUT2D eigenvalue weighted by molar-refractivity contribution is -0.146. The predicted octanol–water partition coefficient (Wildman–Crippen LogP) is 1.19. The molecule has 0 aliphatic carbocycles. The van der Waals surface area contributed by atoms with Crippen LogP contribution >= 0.6 is 0 Å². The molecule has 0 fully saturated rings. The number of methoxy groups -OCH3 is 1. The SMILES string of the molecule is CC[C@H](C)[C@H](NC(=O)CNC(=O)Cc1cccc(F)c1)C(=O)OC. The summed E-state index contributed by atoms with van der Waals surface area (Å²) in [6, 6.07) is 4.93. The topological polar surface area (TPSA) is 84.5 Å². The smallest absolute Gasteiger partial charge is 0.328 e. The fourth-order valence-electron chi connectivity index (χ4n) is 2.09. The Kier molecular flexibility index (Phi) is 7.88. The van der Waals surface area contributed by atoms with Gasteiger partial charge in [0.15, 0.2) is 0 Å². The number of halogens is 1. The molecular weight excluding hydrogens is 315 g/mol. The Hall–Kier alpha value is -2.44. The average molecular weight is 338 g/mol. The zero-order valence-corrected chi connectivity index (χ0v) is 14.1. The summed E-state index contributed by atoms with van der Waals surface area (Å²) in [5.74, 6) is -1.94. The first-order valence-corrected chi connectivity index (χ1v) is 7.75. The van der Waals surface area contributed by atoms with Crippen LogP contribution in [0.2, 0.25) is 0 Å². The van der Waals surface area contributed by atoms with Gasteiger partial charge in [-0.25, -0.2) is 9.18 Å². The van der Waals surface area contributed by atoms with Crippen molar-refractivity contribution in [2.75, 3.05) is 13.7 Å². The summed E-state index contributed by atoms with van der Waals surface area (Å²) in [6.07, 6.45) is 0.656. The fraction of sp³-hybridized carbons (Fsp3) is 0.471. The molecule has 1 aromatic carbocycles. The molecule has 24 heavy (non-hydrogen) atoms. The molecule has 0 saturated carbocycles. The second kappa shape index (κ2) is 9.64. The van der Waals surface area contributed by atoms with Crippen LogP contribution in [0, 0.1) is 11.7 Å². The van der Waals surface area contributed by atoms with E-state index in [-0.39, 0.29) is 18.9 Å². The minimum atomic E-state index is -0.757. The van der Waals surface area contributed by atoms with E-state index in [1.807, 2.05) is 13.8 Å². The molecule has 0 aliphatic rings. The van der Waals surface area contributed by atoms with Gasteiger partial charge >= 0.3 is 5.97 Å². The molecule has 1 rings (SSSR count).